The summed E-state index contributed by atoms with van der Waals surface area (Å²) in [5.41, 5.74) is 2.75. The zero-order valence-electron chi connectivity index (χ0n) is 12.0. The first kappa shape index (κ1) is 13.7. The predicted molar refractivity (Wildman–Crippen MR) is 87.1 cm³/mol. The van der Waals surface area contributed by atoms with Gasteiger partial charge in [-0.15, -0.1) is 22.7 Å². The second-order valence-electron chi connectivity index (χ2n) is 5.29. The maximum atomic E-state index is 12.6. The average Bonchev–Trinajstić information content (AvgIpc) is 3.25. The SMILES string of the molecule is Cn1cc(-c2nc(C(=O)N3CCc4sccc4C3)cs2)cn1. The third kappa shape index (κ3) is 2.36. The van der Waals surface area contributed by atoms with Gasteiger partial charge in [-0.25, -0.2) is 4.98 Å². The molecule has 1 aliphatic heterocycles. The van der Waals surface area contributed by atoms with Crippen molar-refractivity contribution in [2.75, 3.05) is 6.54 Å². The fraction of sp³-hybridized carbons (Fsp3) is 0.267. The molecule has 0 N–H and O–H groups in total. The highest BCUT2D eigenvalue weighted by Crippen LogP contribution is 2.27. The predicted octanol–water partition coefficient (Wildman–Crippen LogP) is 2.80. The van der Waals surface area contributed by atoms with Crippen LogP contribution in [0, 0.1) is 0 Å². The lowest BCUT2D eigenvalue weighted by atomic mass is 10.1. The lowest BCUT2D eigenvalue weighted by Crippen LogP contribution is -2.35. The minimum absolute atomic E-state index is 0.0169. The molecule has 4 rings (SSSR count). The van der Waals surface area contributed by atoms with Gasteiger partial charge in [-0.2, -0.15) is 5.10 Å². The van der Waals surface area contributed by atoms with Crippen LogP contribution in [0.5, 0.6) is 0 Å². The summed E-state index contributed by atoms with van der Waals surface area (Å²) < 4.78 is 1.74. The first-order valence-corrected chi connectivity index (χ1v) is 8.76. The normalized spacial score (nSPS) is 14.1. The molecule has 0 saturated heterocycles. The molecule has 5 nitrogen and oxygen atoms in total. The summed E-state index contributed by atoms with van der Waals surface area (Å²) in [7, 11) is 1.87. The molecule has 1 amide bonds. The van der Waals surface area contributed by atoms with Crippen molar-refractivity contribution < 1.29 is 4.79 Å². The number of thiophene rings is 1. The van der Waals surface area contributed by atoms with E-state index in [4.69, 9.17) is 0 Å². The summed E-state index contributed by atoms with van der Waals surface area (Å²) in [4.78, 5) is 20.4. The number of fused-ring (bicyclic) bond motifs is 1. The van der Waals surface area contributed by atoms with Gasteiger partial charge in [0.1, 0.15) is 10.7 Å². The van der Waals surface area contributed by atoms with Crippen LogP contribution in [0.25, 0.3) is 10.6 Å². The van der Waals surface area contributed by atoms with Crippen LogP contribution in [-0.4, -0.2) is 32.1 Å². The Hall–Kier alpha value is -1.99. The number of aryl methyl sites for hydroxylation is 1. The Morgan fingerprint density at radius 1 is 1.36 bits per heavy atom. The monoisotopic (exact) mass is 330 g/mol. The molecule has 3 aromatic heterocycles. The number of hydrogen-bond donors (Lipinski definition) is 0. The number of aromatic nitrogens is 3. The van der Waals surface area contributed by atoms with Gasteiger partial charge in [0.05, 0.1) is 6.20 Å². The molecule has 7 heteroatoms. The van der Waals surface area contributed by atoms with Gasteiger partial charge in [-0.1, -0.05) is 0 Å². The lowest BCUT2D eigenvalue weighted by Gasteiger charge is -2.26. The fourth-order valence-electron chi connectivity index (χ4n) is 2.62. The fourth-order valence-corrected chi connectivity index (χ4v) is 4.28. The number of thiazole rings is 1. The van der Waals surface area contributed by atoms with E-state index >= 15 is 0 Å². The van der Waals surface area contributed by atoms with E-state index in [0.717, 1.165) is 23.5 Å². The van der Waals surface area contributed by atoms with Crippen molar-refractivity contribution in [3.63, 3.8) is 0 Å². The van der Waals surface area contributed by atoms with Gasteiger partial charge in [-0.3, -0.25) is 9.48 Å². The highest BCUT2D eigenvalue weighted by molar-refractivity contribution is 7.13. The molecule has 0 saturated carbocycles. The van der Waals surface area contributed by atoms with Crippen LogP contribution in [-0.2, 0) is 20.0 Å². The van der Waals surface area contributed by atoms with Crippen molar-refractivity contribution in [3.05, 3.63) is 45.4 Å². The first-order chi connectivity index (χ1) is 10.7. The summed E-state index contributed by atoms with van der Waals surface area (Å²) in [6.45, 7) is 1.46. The summed E-state index contributed by atoms with van der Waals surface area (Å²) in [5.74, 6) is 0.0169. The van der Waals surface area contributed by atoms with Gasteiger partial charge in [0.2, 0.25) is 0 Å². The molecular formula is C15H14N4OS2. The molecule has 0 bridgehead atoms. The standard InChI is InChI=1S/C15H14N4OS2/c1-18-7-11(6-16-18)14-17-12(9-22-14)15(20)19-4-2-13-10(8-19)3-5-21-13/h3,5-7,9H,2,4,8H2,1H3. The van der Waals surface area contributed by atoms with Crippen molar-refractivity contribution >= 4 is 28.6 Å². The van der Waals surface area contributed by atoms with Crippen LogP contribution >= 0.6 is 22.7 Å². The van der Waals surface area contributed by atoms with Crippen LogP contribution in [0.15, 0.2) is 29.2 Å². The number of carbonyl (C=O) groups excluding carboxylic acids is 1. The Labute approximate surface area is 135 Å². The van der Waals surface area contributed by atoms with E-state index in [2.05, 4.69) is 21.5 Å². The number of amides is 1. The second-order valence-corrected chi connectivity index (χ2v) is 7.15. The molecule has 22 heavy (non-hydrogen) atoms. The van der Waals surface area contributed by atoms with E-state index in [1.165, 1.54) is 21.8 Å². The Morgan fingerprint density at radius 2 is 2.27 bits per heavy atom. The molecule has 112 valence electrons. The van der Waals surface area contributed by atoms with E-state index < -0.39 is 0 Å². The molecule has 4 heterocycles. The van der Waals surface area contributed by atoms with Crippen LogP contribution in [0.3, 0.4) is 0 Å². The van der Waals surface area contributed by atoms with Gasteiger partial charge in [0, 0.05) is 42.2 Å². The highest BCUT2D eigenvalue weighted by atomic mass is 32.1. The molecule has 0 aromatic carbocycles. The smallest absolute Gasteiger partial charge is 0.273 e. The summed E-state index contributed by atoms with van der Waals surface area (Å²) >= 11 is 3.26. The van der Waals surface area contributed by atoms with Crippen molar-refractivity contribution in [1.82, 2.24) is 19.7 Å². The van der Waals surface area contributed by atoms with Gasteiger partial charge in [0.25, 0.3) is 5.91 Å². The van der Waals surface area contributed by atoms with E-state index in [0.29, 0.717) is 12.2 Å². The number of nitrogens with zero attached hydrogens (tertiary/aromatic N) is 4. The quantitative estimate of drug-likeness (QED) is 0.726. The molecular weight excluding hydrogens is 316 g/mol. The van der Waals surface area contributed by atoms with Gasteiger partial charge >= 0.3 is 0 Å². The molecule has 3 aromatic rings. The van der Waals surface area contributed by atoms with Crippen LogP contribution in [0.2, 0.25) is 0 Å². The van der Waals surface area contributed by atoms with Gasteiger partial charge in [-0.05, 0) is 23.4 Å². The molecule has 0 atom stereocenters. The van der Waals surface area contributed by atoms with Crippen molar-refractivity contribution in [2.24, 2.45) is 7.05 Å². The molecule has 0 aliphatic carbocycles. The van der Waals surface area contributed by atoms with Gasteiger partial charge < -0.3 is 4.90 Å². The van der Waals surface area contributed by atoms with Gasteiger partial charge in [0.15, 0.2) is 0 Å². The Balaban J connectivity index is 1.55. The average molecular weight is 330 g/mol. The van der Waals surface area contributed by atoms with Crippen molar-refractivity contribution in [1.29, 1.82) is 0 Å². The van der Waals surface area contributed by atoms with E-state index in [1.807, 2.05) is 23.5 Å². The summed E-state index contributed by atoms with van der Waals surface area (Å²) in [6, 6.07) is 2.11. The van der Waals surface area contributed by atoms with E-state index in [9.17, 15) is 4.79 Å². The lowest BCUT2D eigenvalue weighted by molar-refractivity contribution is 0.0731. The van der Waals surface area contributed by atoms with Crippen LogP contribution in [0.1, 0.15) is 20.9 Å². The third-order valence-electron chi connectivity index (χ3n) is 3.77. The summed E-state index contributed by atoms with van der Waals surface area (Å²) in [5, 5.41) is 8.92. The minimum atomic E-state index is 0.0169. The van der Waals surface area contributed by atoms with Crippen molar-refractivity contribution in [2.45, 2.75) is 13.0 Å². The van der Waals surface area contributed by atoms with Crippen LogP contribution < -0.4 is 0 Å². The number of rotatable bonds is 2. The zero-order valence-corrected chi connectivity index (χ0v) is 13.7. The number of hydrogen-bond acceptors (Lipinski definition) is 5. The molecule has 1 aliphatic rings. The molecule has 0 radical (unpaired) electrons. The van der Waals surface area contributed by atoms with Crippen LogP contribution in [0.4, 0.5) is 0 Å². The maximum Gasteiger partial charge on any atom is 0.273 e. The van der Waals surface area contributed by atoms with Crippen molar-refractivity contribution in [3.8, 4) is 10.6 Å². The molecule has 0 fully saturated rings. The Morgan fingerprint density at radius 3 is 3.09 bits per heavy atom. The third-order valence-corrected chi connectivity index (χ3v) is 5.68. The molecule has 0 unspecified atom stereocenters. The number of carbonyl (C=O) groups is 1. The molecule has 0 spiro atoms. The van der Waals surface area contributed by atoms with E-state index in [1.54, 1.807) is 22.2 Å². The Kier molecular flexibility index (Phi) is 3.31. The van der Waals surface area contributed by atoms with E-state index in [-0.39, 0.29) is 5.91 Å². The second kappa shape index (κ2) is 5.33. The maximum absolute atomic E-state index is 12.6. The zero-order chi connectivity index (χ0) is 15.1. The first-order valence-electron chi connectivity index (χ1n) is 7.00. The minimum Gasteiger partial charge on any atom is -0.333 e. The highest BCUT2D eigenvalue weighted by Gasteiger charge is 2.24. The largest absolute Gasteiger partial charge is 0.333 e. The summed E-state index contributed by atoms with van der Waals surface area (Å²) in [6.07, 6.45) is 4.62. The Bertz CT molecular complexity index is 832. The topological polar surface area (TPSA) is 51.0 Å².